The Morgan fingerprint density at radius 3 is 2.73 bits per heavy atom. The summed E-state index contributed by atoms with van der Waals surface area (Å²) >= 11 is 0. The second-order valence-corrected chi connectivity index (χ2v) is 3.39. The van der Waals surface area contributed by atoms with Crippen molar-refractivity contribution in [1.29, 1.82) is 0 Å². The van der Waals surface area contributed by atoms with Gasteiger partial charge in [0, 0.05) is 25.4 Å². The monoisotopic (exact) mass is 221 g/mol. The normalized spacial score (nSPS) is 14.2. The van der Waals surface area contributed by atoms with Gasteiger partial charge in [-0.25, -0.2) is 4.98 Å². The van der Waals surface area contributed by atoms with Gasteiger partial charge in [-0.05, 0) is 6.42 Å². The van der Waals surface area contributed by atoms with Crippen LogP contribution in [0.4, 0.5) is 13.2 Å². The van der Waals surface area contributed by atoms with Crippen LogP contribution in [0.25, 0.3) is 0 Å². The Balaban J connectivity index is 2.68. The van der Waals surface area contributed by atoms with Crippen LogP contribution in [-0.2, 0) is 13.0 Å². The maximum Gasteiger partial charge on any atom is 0.404 e. The van der Waals surface area contributed by atoms with E-state index < -0.39 is 12.2 Å². The van der Waals surface area contributed by atoms with Gasteiger partial charge in [0.2, 0.25) is 0 Å². The maximum absolute atomic E-state index is 12.2. The van der Waals surface area contributed by atoms with Crippen LogP contribution in [0.3, 0.4) is 0 Å². The van der Waals surface area contributed by atoms with Gasteiger partial charge in [0.25, 0.3) is 0 Å². The molecule has 0 fully saturated rings. The summed E-state index contributed by atoms with van der Waals surface area (Å²) in [7, 11) is 0. The predicted molar refractivity (Wildman–Crippen MR) is 50.3 cm³/mol. The first-order valence-corrected chi connectivity index (χ1v) is 4.77. The SMILES string of the molecule is CCCn1ccnc1CC(N)C(F)(F)F. The molecule has 0 saturated heterocycles. The van der Waals surface area contributed by atoms with Crippen molar-refractivity contribution >= 4 is 0 Å². The Kier molecular flexibility index (Phi) is 3.73. The average Bonchev–Trinajstić information content (AvgIpc) is 2.52. The number of hydrogen-bond acceptors (Lipinski definition) is 2. The molecule has 0 aliphatic carbocycles. The van der Waals surface area contributed by atoms with E-state index in [0.29, 0.717) is 12.4 Å². The highest BCUT2D eigenvalue weighted by Crippen LogP contribution is 2.20. The van der Waals surface area contributed by atoms with E-state index in [1.807, 2.05) is 6.92 Å². The molecule has 6 heteroatoms. The molecule has 0 amide bonds. The number of hydrogen-bond donors (Lipinski definition) is 1. The number of imidazole rings is 1. The van der Waals surface area contributed by atoms with E-state index >= 15 is 0 Å². The molecule has 1 aromatic heterocycles. The van der Waals surface area contributed by atoms with Gasteiger partial charge in [-0.1, -0.05) is 6.92 Å². The Morgan fingerprint density at radius 2 is 2.20 bits per heavy atom. The molecule has 2 N–H and O–H groups in total. The van der Waals surface area contributed by atoms with Crippen molar-refractivity contribution in [3.8, 4) is 0 Å². The van der Waals surface area contributed by atoms with Gasteiger partial charge in [-0.2, -0.15) is 13.2 Å². The van der Waals surface area contributed by atoms with Crippen LogP contribution in [0.15, 0.2) is 12.4 Å². The van der Waals surface area contributed by atoms with Crippen LogP contribution < -0.4 is 5.73 Å². The molecule has 1 aromatic rings. The number of alkyl halides is 3. The molecule has 0 aromatic carbocycles. The van der Waals surface area contributed by atoms with Crippen molar-refractivity contribution in [2.45, 2.75) is 38.5 Å². The van der Waals surface area contributed by atoms with E-state index in [2.05, 4.69) is 4.98 Å². The zero-order valence-corrected chi connectivity index (χ0v) is 8.46. The molecular weight excluding hydrogens is 207 g/mol. The van der Waals surface area contributed by atoms with Crippen molar-refractivity contribution in [2.24, 2.45) is 5.73 Å². The highest BCUT2D eigenvalue weighted by molar-refractivity contribution is 4.96. The highest BCUT2D eigenvalue weighted by atomic mass is 19.4. The Labute approximate surface area is 86.1 Å². The predicted octanol–water partition coefficient (Wildman–Crippen LogP) is 1.73. The molecule has 86 valence electrons. The number of rotatable bonds is 4. The van der Waals surface area contributed by atoms with Crippen LogP contribution in [0.2, 0.25) is 0 Å². The molecule has 0 aliphatic rings. The van der Waals surface area contributed by atoms with Crippen LogP contribution in [0.1, 0.15) is 19.2 Å². The number of nitrogens with zero attached hydrogens (tertiary/aromatic N) is 2. The first-order valence-electron chi connectivity index (χ1n) is 4.77. The van der Waals surface area contributed by atoms with Crippen LogP contribution in [-0.4, -0.2) is 21.8 Å². The minimum Gasteiger partial charge on any atom is -0.335 e. The van der Waals surface area contributed by atoms with E-state index in [1.165, 1.54) is 6.20 Å². The largest absolute Gasteiger partial charge is 0.404 e. The van der Waals surface area contributed by atoms with Crippen LogP contribution >= 0.6 is 0 Å². The molecule has 1 rings (SSSR count). The van der Waals surface area contributed by atoms with Crippen LogP contribution in [0, 0.1) is 0 Å². The molecule has 1 heterocycles. The summed E-state index contributed by atoms with van der Waals surface area (Å²) < 4.78 is 38.3. The average molecular weight is 221 g/mol. The standard InChI is InChI=1S/C9H14F3N3/c1-2-4-15-5-3-14-8(15)6-7(13)9(10,11)12/h3,5,7H,2,4,6,13H2,1H3. The molecule has 0 saturated carbocycles. The summed E-state index contributed by atoms with van der Waals surface area (Å²) in [6.07, 6.45) is -0.611. The van der Waals surface area contributed by atoms with E-state index in [0.717, 1.165) is 6.42 Å². The smallest absolute Gasteiger partial charge is 0.335 e. The quantitative estimate of drug-likeness (QED) is 0.841. The van der Waals surface area contributed by atoms with Gasteiger partial charge in [0.1, 0.15) is 11.9 Å². The van der Waals surface area contributed by atoms with E-state index in [-0.39, 0.29) is 6.42 Å². The summed E-state index contributed by atoms with van der Waals surface area (Å²) in [5.74, 6) is 0.390. The fourth-order valence-corrected chi connectivity index (χ4v) is 1.29. The summed E-state index contributed by atoms with van der Waals surface area (Å²) in [6, 6.07) is -1.84. The van der Waals surface area contributed by atoms with Crippen molar-refractivity contribution in [3.63, 3.8) is 0 Å². The first-order chi connectivity index (χ1) is 6.95. The molecule has 0 radical (unpaired) electrons. The molecule has 0 spiro atoms. The van der Waals surface area contributed by atoms with Crippen molar-refractivity contribution in [1.82, 2.24) is 9.55 Å². The highest BCUT2D eigenvalue weighted by Gasteiger charge is 2.37. The second kappa shape index (κ2) is 4.65. The third-order valence-electron chi connectivity index (χ3n) is 2.09. The second-order valence-electron chi connectivity index (χ2n) is 3.39. The number of aromatic nitrogens is 2. The fourth-order valence-electron chi connectivity index (χ4n) is 1.29. The Bertz CT molecular complexity index is 306. The lowest BCUT2D eigenvalue weighted by Crippen LogP contribution is -2.39. The minimum atomic E-state index is -4.36. The molecule has 1 atom stereocenters. The molecule has 15 heavy (non-hydrogen) atoms. The lowest BCUT2D eigenvalue weighted by atomic mass is 10.2. The molecular formula is C9H14F3N3. The summed E-state index contributed by atoms with van der Waals surface area (Å²) in [6.45, 7) is 2.62. The molecule has 0 bridgehead atoms. The Hall–Kier alpha value is -1.04. The fraction of sp³-hybridized carbons (Fsp3) is 0.667. The minimum absolute atomic E-state index is 0.267. The van der Waals surface area contributed by atoms with Crippen molar-refractivity contribution in [3.05, 3.63) is 18.2 Å². The maximum atomic E-state index is 12.2. The topological polar surface area (TPSA) is 43.8 Å². The van der Waals surface area contributed by atoms with Gasteiger partial charge in [0.15, 0.2) is 0 Å². The summed E-state index contributed by atoms with van der Waals surface area (Å²) in [4.78, 5) is 3.87. The van der Waals surface area contributed by atoms with Gasteiger partial charge in [0.05, 0.1) is 0 Å². The van der Waals surface area contributed by atoms with Crippen molar-refractivity contribution < 1.29 is 13.2 Å². The van der Waals surface area contributed by atoms with Gasteiger partial charge < -0.3 is 10.3 Å². The number of halogens is 3. The number of nitrogens with two attached hydrogens (primary N) is 1. The molecule has 3 nitrogen and oxygen atoms in total. The van der Waals surface area contributed by atoms with E-state index in [9.17, 15) is 13.2 Å². The first kappa shape index (κ1) is 12.0. The molecule has 0 aliphatic heterocycles. The zero-order chi connectivity index (χ0) is 11.5. The lowest BCUT2D eigenvalue weighted by molar-refractivity contribution is -0.147. The Morgan fingerprint density at radius 1 is 1.53 bits per heavy atom. The van der Waals surface area contributed by atoms with Gasteiger partial charge in [-0.3, -0.25) is 0 Å². The van der Waals surface area contributed by atoms with E-state index in [4.69, 9.17) is 5.73 Å². The third-order valence-corrected chi connectivity index (χ3v) is 2.09. The van der Waals surface area contributed by atoms with Gasteiger partial charge in [-0.15, -0.1) is 0 Å². The molecule has 1 unspecified atom stereocenters. The number of aryl methyl sites for hydroxylation is 1. The third kappa shape index (κ3) is 3.23. The summed E-state index contributed by atoms with van der Waals surface area (Å²) in [5, 5.41) is 0. The van der Waals surface area contributed by atoms with Crippen LogP contribution in [0.5, 0.6) is 0 Å². The zero-order valence-electron chi connectivity index (χ0n) is 8.46. The van der Waals surface area contributed by atoms with Gasteiger partial charge >= 0.3 is 6.18 Å². The van der Waals surface area contributed by atoms with Crippen molar-refractivity contribution in [2.75, 3.05) is 0 Å². The lowest BCUT2D eigenvalue weighted by Gasteiger charge is -2.15. The van der Waals surface area contributed by atoms with E-state index in [1.54, 1.807) is 10.8 Å². The summed E-state index contributed by atoms with van der Waals surface area (Å²) in [5.41, 5.74) is 5.03.